The topological polar surface area (TPSA) is 123 Å². The molecule has 0 unspecified atom stereocenters. The third-order valence-corrected chi connectivity index (χ3v) is 3.95. The zero-order chi connectivity index (χ0) is 15.5. The molecule has 0 bridgehead atoms. The zero-order valence-corrected chi connectivity index (χ0v) is 12.0. The van der Waals surface area contributed by atoms with Crippen molar-refractivity contribution >= 4 is 22.0 Å². The van der Waals surface area contributed by atoms with Gasteiger partial charge in [0.25, 0.3) is 0 Å². The molecule has 1 heterocycles. The number of carboxylic acids is 1. The van der Waals surface area contributed by atoms with Crippen LogP contribution in [-0.4, -0.2) is 38.6 Å². The number of esters is 1. The average molecular weight is 305 g/mol. The van der Waals surface area contributed by atoms with Crippen molar-refractivity contribution in [2.75, 3.05) is 13.2 Å². The first-order valence-electron chi connectivity index (χ1n) is 5.69. The lowest BCUT2D eigenvalue weighted by molar-refractivity contribution is -0.141. The lowest BCUT2D eigenvalue weighted by atomic mass is 10.2. The third kappa shape index (κ3) is 3.36. The van der Waals surface area contributed by atoms with Crippen LogP contribution in [0.25, 0.3) is 0 Å². The minimum absolute atomic E-state index is 0.0218. The highest BCUT2D eigenvalue weighted by Gasteiger charge is 2.31. The van der Waals surface area contributed by atoms with Crippen molar-refractivity contribution in [2.24, 2.45) is 0 Å². The van der Waals surface area contributed by atoms with Crippen molar-refractivity contribution in [1.82, 2.24) is 4.72 Å². The van der Waals surface area contributed by atoms with Crippen LogP contribution in [0.15, 0.2) is 9.31 Å². The Morgan fingerprint density at radius 1 is 1.30 bits per heavy atom. The predicted molar refractivity (Wildman–Crippen MR) is 67.0 cm³/mol. The van der Waals surface area contributed by atoms with E-state index in [9.17, 15) is 18.0 Å². The van der Waals surface area contributed by atoms with Gasteiger partial charge in [0.15, 0.2) is 0 Å². The van der Waals surface area contributed by atoms with E-state index in [0.717, 1.165) is 0 Å². The van der Waals surface area contributed by atoms with Crippen molar-refractivity contribution < 1.29 is 32.3 Å². The maximum absolute atomic E-state index is 12.1. The summed E-state index contributed by atoms with van der Waals surface area (Å²) in [6, 6.07) is 0. The monoisotopic (exact) mass is 305 g/mol. The molecule has 0 spiro atoms. The van der Waals surface area contributed by atoms with Gasteiger partial charge in [0.2, 0.25) is 10.0 Å². The van der Waals surface area contributed by atoms with Gasteiger partial charge in [-0.2, -0.15) is 4.72 Å². The SMILES string of the molecule is CCOC(=O)CNS(=O)(=O)c1c(C)oc(C)c1C(=O)O. The molecular formula is C11H15NO7S. The Hall–Kier alpha value is -1.87. The fourth-order valence-electron chi connectivity index (χ4n) is 1.67. The molecule has 1 aromatic rings. The minimum atomic E-state index is -4.18. The fourth-order valence-corrected chi connectivity index (χ4v) is 3.04. The van der Waals surface area contributed by atoms with Gasteiger partial charge in [0.05, 0.1) is 6.61 Å². The van der Waals surface area contributed by atoms with E-state index < -0.39 is 39.0 Å². The molecule has 0 aliphatic heterocycles. The van der Waals surface area contributed by atoms with Crippen LogP contribution < -0.4 is 4.72 Å². The third-order valence-electron chi connectivity index (χ3n) is 2.40. The summed E-state index contributed by atoms with van der Waals surface area (Å²) >= 11 is 0. The van der Waals surface area contributed by atoms with Crippen molar-refractivity contribution in [3.63, 3.8) is 0 Å². The van der Waals surface area contributed by atoms with Crippen LogP contribution in [0.4, 0.5) is 0 Å². The summed E-state index contributed by atoms with van der Waals surface area (Å²) in [5.41, 5.74) is -0.446. The molecule has 0 saturated heterocycles. The van der Waals surface area contributed by atoms with Gasteiger partial charge < -0.3 is 14.3 Å². The van der Waals surface area contributed by atoms with Crippen LogP contribution >= 0.6 is 0 Å². The van der Waals surface area contributed by atoms with Gasteiger partial charge >= 0.3 is 11.9 Å². The summed E-state index contributed by atoms with van der Waals surface area (Å²) in [5.74, 6) is -2.26. The van der Waals surface area contributed by atoms with E-state index in [1.54, 1.807) is 6.92 Å². The summed E-state index contributed by atoms with van der Waals surface area (Å²) in [7, 11) is -4.18. The molecule has 0 aliphatic rings. The van der Waals surface area contributed by atoms with E-state index >= 15 is 0 Å². The number of rotatable bonds is 6. The lowest BCUT2D eigenvalue weighted by Crippen LogP contribution is -2.31. The molecule has 20 heavy (non-hydrogen) atoms. The molecule has 0 aliphatic carbocycles. The van der Waals surface area contributed by atoms with Gasteiger partial charge in [-0.15, -0.1) is 0 Å². The van der Waals surface area contributed by atoms with Gasteiger partial charge in [0, 0.05) is 0 Å². The standard InChI is InChI=1S/C11H15NO7S/c1-4-18-8(13)5-12-20(16,17)10-7(3)19-6(2)9(10)11(14)15/h12H,4-5H2,1-3H3,(H,14,15). The Labute approximate surface area is 115 Å². The molecular weight excluding hydrogens is 290 g/mol. The molecule has 9 heteroatoms. The molecule has 1 rings (SSSR count). The number of ether oxygens (including phenoxy) is 1. The largest absolute Gasteiger partial charge is 0.478 e. The van der Waals surface area contributed by atoms with E-state index in [-0.39, 0.29) is 18.1 Å². The highest BCUT2D eigenvalue weighted by molar-refractivity contribution is 7.89. The number of carbonyl (C=O) groups excluding carboxylic acids is 1. The van der Waals surface area contributed by atoms with Crippen molar-refractivity contribution in [3.05, 3.63) is 17.1 Å². The molecule has 0 saturated carbocycles. The molecule has 0 amide bonds. The highest BCUT2D eigenvalue weighted by atomic mass is 32.2. The second-order valence-electron chi connectivity index (χ2n) is 3.85. The van der Waals surface area contributed by atoms with Crippen molar-refractivity contribution in [1.29, 1.82) is 0 Å². The number of furan rings is 1. The molecule has 0 aromatic carbocycles. The van der Waals surface area contributed by atoms with Crippen LogP contribution in [0.5, 0.6) is 0 Å². The van der Waals surface area contributed by atoms with Crippen molar-refractivity contribution in [3.8, 4) is 0 Å². The van der Waals surface area contributed by atoms with E-state index in [0.29, 0.717) is 0 Å². The average Bonchev–Trinajstić information content (AvgIpc) is 2.63. The molecule has 2 N–H and O–H groups in total. The molecule has 0 radical (unpaired) electrons. The molecule has 0 fully saturated rings. The lowest BCUT2D eigenvalue weighted by Gasteiger charge is -2.06. The van der Waals surface area contributed by atoms with Gasteiger partial charge in [-0.1, -0.05) is 0 Å². The van der Waals surface area contributed by atoms with Crippen molar-refractivity contribution in [2.45, 2.75) is 25.7 Å². The quantitative estimate of drug-likeness (QED) is 0.731. The number of aromatic carboxylic acids is 1. The maximum atomic E-state index is 12.1. The van der Waals surface area contributed by atoms with Gasteiger partial charge in [-0.05, 0) is 20.8 Å². The van der Waals surface area contributed by atoms with Gasteiger partial charge in [-0.3, -0.25) is 4.79 Å². The number of carboxylic acid groups (broad SMARTS) is 1. The van der Waals surface area contributed by atoms with E-state index in [1.165, 1.54) is 13.8 Å². The Morgan fingerprint density at radius 3 is 2.40 bits per heavy atom. The number of nitrogens with one attached hydrogen (secondary N) is 1. The number of aryl methyl sites for hydroxylation is 2. The highest BCUT2D eigenvalue weighted by Crippen LogP contribution is 2.26. The fraction of sp³-hybridized carbons (Fsp3) is 0.455. The normalized spacial score (nSPS) is 11.3. The summed E-state index contributed by atoms with van der Waals surface area (Å²) in [4.78, 5) is 21.8. The van der Waals surface area contributed by atoms with Gasteiger partial charge in [0.1, 0.15) is 28.5 Å². The first kappa shape index (κ1) is 16.2. The molecule has 8 nitrogen and oxygen atoms in total. The van der Waals surface area contributed by atoms with Crippen LogP contribution in [0, 0.1) is 13.8 Å². The number of hydrogen-bond acceptors (Lipinski definition) is 6. The molecule has 112 valence electrons. The smallest absolute Gasteiger partial charge is 0.340 e. The van der Waals surface area contributed by atoms with E-state index in [2.05, 4.69) is 4.74 Å². The Balaban J connectivity index is 3.10. The second kappa shape index (κ2) is 6.06. The van der Waals surface area contributed by atoms with Crippen LogP contribution in [0.3, 0.4) is 0 Å². The zero-order valence-electron chi connectivity index (χ0n) is 11.2. The second-order valence-corrected chi connectivity index (χ2v) is 5.56. The van der Waals surface area contributed by atoms with E-state index in [4.69, 9.17) is 9.52 Å². The first-order valence-corrected chi connectivity index (χ1v) is 7.17. The van der Waals surface area contributed by atoms with E-state index in [1.807, 2.05) is 4.72 Å². The number of carbonyl (C=O) groups is 2. The molecule has 0 atom stereocenters. The maximum Gasteiger partial charge on any atom is 0.340 e. The predicted octanol–water partition coefficient (Wildman–Crippen LogP) is 0.436. The van der Waals surface area contributed by atoms with Crippen LogP contribution in [-0.2, 0) is 19.6 Å². The number of sulfonamides is 1. The summed E-state index contributed by atoms with van der Waals surface area (Å²) in [6.45, 7) is 3.79. The van der Waals surface area contributed by atoms with Gasteiger partial charge in [-0.25, -0.2) is 13.2 Å². The Bertz CT molecular complexity index is 629. The summed E-state index contributed by atoms with van der Waals surface area (Å²) < 4.78 is 35.7. The summed E-state index contributed by atoms with van der Waals surface area (Å²) in [5, 5.41) is 9.04. The minimum Gasteiger partial charge on any atom is -0.478 e. The van der Waals surface area contributed by atoms with Crippen LogP contribution in [0.2, 0.25) is 0 Å². The first-order chi connectivity index (χ1) is 9.20. The number of hydrogen-bond donors (Lipinski definition) is 2. The molecule has 1 aromatic heterocycles. The summed E-state index contributed by atoms with van der Waals surface area (Å²) in [6.07, 6.45) is 0. The Morgan fingerprint density at radius 2 is 1.90 bits per heavy atom. The Kier molecular flexibility index (Phi) is 4.90. The van der Waals surface area contributed by atoms with Crippen LogP contribution in [0.1, 0.15) is 28.8 Å².